The minimum Gasteiger partial charge on any atom is -0.373 e. The molecule has 1 fully saturated rings. The van der Waals surface area contributed by atoms with Crippen molar-refractivity contribution in [3.05, 3.63) is 59.7 Å². The van der Waals surface area contributed by atoms with Crippen LogP contribution >= 0.6 is 0 Å². The Morgan fingerprint density at radius 2 is 1.62 bits per heavy atom. The maximum Gasteiger partial charge on any atom is 0.106 e. The predicted molar refractivity (Wildman–Crippen MR) is 94.6 cm³/mol. The van der Waals surface area contributed by atoms with E-state index in [1.807, 2.05) is 24.3 Å². The second-order valence-corrected chi connectivity index (χ2v) is 6.23. The summed E-state index contributed by atoms with van der Waals surface area (Å²) in [6, 6.07) is 18.2. The summed E-state index contributed by atoms with van der Waals surface area (Å²) in [6.07, 6.45) is 3.75. The molecule has 0 saturated carbocycles. The summed E-state index contributed by atoms with van der Waals surface area (Å²) in [6.45, 7) is 3.51. The van der Waals surface area contributed by atoms with Crippen LogP contribution in [0.25, 0.3) is 11.1 Å². The number of rotatable bonds is 5. The van der Waals surface area contributed by atoms with Crippen molar-refractivity contribution < 1.29 is 9.47 Å². The molecule has 0 aromatic heterocycles. The fourth-order valence-corrected chi connectivity index (χ4v) is 2.96. The first kappa shape index (κ1) is 16.7. The van der Waals surface area contributed by atoms with Crippen LogP contribution in [0.2, 0.25) is 0 Å². The molecule has 1 aliphatic heterocycles. The molecule has 124 valence electrons. The molecule has 1 heterocycles. The Kier molecular flexibility index (Phi) is 5.63. The molecule has 1 aliphatic rings. The van der Waals surface area contributed by atoms with Gasteiger partial charge in [-0.1, -0.05) is 56.2 Å². The van der Waals surface area contributed by atoms with Crippen LogP contribution < -0.4 is 0 Å². The van der Waals surface area contributed by atoms with Crippen molar-refractivity contribution in [2.45, 2.75) is 38.4 Å². The Hall–Kier alpha value is -2.15. The van der Waals surface area contributed by atoms with E-state index in [1.165, 1.54) is 12.8 Å². The Labute approximate surface area is 143 Å². The van der Waals surface area contributed by atoms with E-state index in [1.54, 1.807) is 0 Å². The highest BCUT2D eigenvalue weighted by Gasteiger charge is 2.23. The predicted octanol–water partition coefficient (Wildman–Crippen LogP) is 4.87. The average molecular weight is 321 g/mol. The SMILES string of the molecule is CCCCC1COC(c2ccc(-c3ccc(C#N)cc3)cc2)CO1. The van der Waals surface area contributed by atoms with Gasteiger partial charge in [0.2, 0.25) is 0 Å². The minimum absolute atomic E-state index is 0.0258. The number of hydrogen-bond donors (Lipinski definition) is 0. The first-order valence-corrected chi connectivity index (χ1v) is 8.64. The van der Waals surface area contributed by atoms with Crippen molar-refractivity contribution in [2.75, 3.05) is 13.2 Å². The normalized spacial score (nSPS) is 20.5. The number of ether oxygens (including phenoxy) is 2. The first-order valence-electron chi connectivity index (χ1n) is 8.64. The molecular formula is C21H23NO2. The number of benzene rings is 2. The van der Waals surface area contributed by atoms with E-state index in [-0.39, 0.29) is 12.2 Å². The molecule has 0 aliphatic carbocycles. The van der Waals surface area contributed by atoms with Gasteiger partial charge in [-0.05, 0) is 35.2 Å². The van der Waals surface area contributed by atoms with Crippen LogP contribution in [0.4, 0.5) is 0 Å². The number of hydrogen-bond acceptors (Lipinski definition) is 3. The largest absolute Gasteiger partial charge is 0.373 e. The molecule has 2 unspecified atom stereocenters. The lowest BCUT2D eigenvalue weighted by Crippen LogP contribution is -2.31. The van der Waals surface area contributed by atoms with Crippen LogP contribution in [0.3, 0.4) is 0 Å². The van der Waals surface area contributed by atoms with Crippen LogP contribution in [0.1, 0.15) is 43.4 Å². The Balaban J connectivity index is 1.61. The zero-order chi connectivity index (χ0) is 16.8. The lowest BCUT2D eigenvalue weighted by atomic mass is 10.0. The van der Waals surface area contributed by atoms with Crippen LogP contribution in [0, 0.1) is 11.3 Å². The standard InChI is InChI=1S/C21H23NO2/c1-2-3-4-20-14-24-21(15-23-20)19-11-9-18(10-12-19)17-7-5-16(13-22)6-8-17/h5-12,20-21H,2-4,14-15H2,1H3. The third-order valence-electron chi connectivity index (χ3n) is 4.48. The minimum atomic E-state index is 0.0258. The highest BCUT2D eigenvalue weighted by Crippen LogP contribution is 2.27. The number of nitriles is 1. The molecule has 0 spiro atoms. The third-order valence-corrected chi connectivity index (χ3v) is 4.48. The summed E-state index contributed by atoms with van der Waals surface area (Å²) in [5.74, 6) is 0. The van der Waals surface area contributed by atoms with Gasteiger partial charge in [0.05, 0.1) is 31.0 Å². The van der Waals surface area contributed by atoms with Crippen LogP contribution in [-0.2, 0) is 9.47 Å². The molecule has 3 rings (SSSR count). The summed E-state index contributed by atoms with van der Waals surface area (Å²) >= 11 is 0. The number of unbranched alkanes of at least 4 members (excludes halogenated alkanes) is 1. The molecule has 0 bridgehead atoms. The third kappa shape index (κ3) is 4.03. The summed E-state index contributed by atoms with van der Waals surface area (Å²) in [7, 11) is 0. The van der Waals surface area contributed by atoms with E-state index in [4.69, 9.17) is 14.7 Å². The second kappa shape index (κ2) is 8.10. The van der Waals surface area contributed by atoms with E-state index < -0.39 is 0 Å². The van der Waals surface area contributed by atoms with Gasteiger partial charge in [0.25, 0.3) is 0 Å². The van der Waals surface area contributed by atoms with E-state index in [0.29, 0.717) is 18.8 Å². The van der Waals surface area contributed by atoms with Gasteiger partial charge in [0.1, 0.15) is 6.10 Å². The molecule has 0 N–H and O–H groups in total. The highest BCUT2D eigenvalue weighted by atomic mass is 16.6. The monoisotopic (exact) mass is 321 g/mol. The second-order valence-electron chi connectivity index (χ2n) is 6.23. The zero-order valence-electron chi connectivity index (χ0n) is 14.1. The van der Waals surface area contributed by atoms with Crippen molar-refractivity contribution >= 4 is 0 Å². The molecule has 24 heavy (non-hydrogen) atoms. The van der Waals surface area contributed by atoms with Crippen molar-refractivity contribution in [2.24, 2.45) is 0 Å². The molecule has 2 aromatic carbocycles. The van der Waals surface area contributed by atoms with Crippen LogP contribution in [0.15, 0.2) is 48.5 Å². The van der Waals surface area contributed by atoms with Crippen molar-refractivity contribution in [3.8, 4) is 17.2 Å². The molecule has 3 heteroatoms. The molecule has 0 radical (unpaired) electrons. The van der Waals surface area contributed by atoms with Gasteiger partial charge >= 0.3 is 0 Å². The number of nitrogens with zero attached hydrogens (tertiary/aromatic N) is 1. The fourth-order valence-electron chi connectivity index (χ4n) is 2.96. The summed E-state index contributed by atoms with van der Waals surface area (Å²) < 4.78 is 11.9. The van der Waals surface area contributed by atoms with Gasteiger partial charge < -0.3 is 9.47 Å². The summed E-state index contributed by atoms with van der Waals surface area (Å²) in [4.78, 5) is 0. The lowest BCUT2D eigenvalue weighted by molar-refractivity contribution is -0.137. The lowest BCUT2D eigenvalue weighted by Gasteiger charge is -2.30. The molecule has 3 nitrogen and oxygen atoms in total. The first-order chi connectivity index (χ1) is 11.8. The average Bonchev–Trinajstić information content (AvgIpc) is 2.67. The quantitative estimate of drug-likeness (QED) is 0.789. The van der Waals surface area contributed by atoms with E-state index in [2.05, 4.69) is 37.3 Å². The van der Waals surface area contributed by atoms with Crippen LogP contribution in [-0.4, -0.2) is 19.3 Å². The van der Waals surface area contributed by atoms with Crippen LogP contribution in [0.5, 0.6) is 0 Å². The highest BCUT2D eigenvalue weighted by molar-refractivity contribution is 5.64. The molecule has 2 aromatic rings. The van der Waals surface area contributed by atoms with Gasteiger partial charge in [0.15, 0.2) is 0 Å². The summed E-state index contributed by atoms with van der Waals surface area (Å²) in [5.41, 5.74) is 4.09. The molecule has 0 amide bonds. The van der Waals surface area contributed by atoms with E-state index >= 15 is 0 Å². The topological polar surface area (TPSA) is 42.2 Å². The zero-order valence-corrected chi connectivity index (χ0v) is 14.1. The van der Waals surface area contributed by atoms with Crippen molar-refractivity contribution in [1.82, 2.24) is 0 Å². The van der Waals surface area contributed by atoms with E-state index in [0.717, 1.165) is 23.1 Å². The smallest absolute Gasteiger partial charge is 0.106 e. The van der Waals surface area contributed by atoms with Gasteiger partial charge in [-0.25, -0.2) is 0 Å². The Morgan fingerprint density at radius 1 is 0.958 bits per heavy atom. The summed E-state index contributed by atoms with van der Waals surface area (Å²) in [5, 5.41) is 8.87. The van der Waals surface area contributed by atoms with Crippen molar-refractivity contribution in [3.63, 3.8) is 0 Å². The maximum absolute atomic E-state index is 8.87. The molecule has 1 saturated heterocycles. The van der Waals surface area contributed by atoms with Gasteiger partial charge in [-0.15, -0.1) is 0 Å². The van der Waals surface area contributed by atoms with E-state index in [9.17, 15) is 0 Å². The van der Waals surface area contributed by atoms with Gasteiger partial charge in [-0.2, -0.15) is 5.26 Å². The van der Waals surface area contributed by atoms with Gasteiger partial charge in [0, 0.05) is 0 Å². The van der Waals surface area contributed by atoms with Crippen molar-refractivity contribution in [1.29, 1.82) is 5.26 Å². The Morgan fingerprint density at radius 3 is 2.17 bits per heavy atom. The molecule has 2 atom stereocenters. The Bertz CT molecular complexity index is 677. The fraction of sp³-hybridized carbons (Fsp3) is 0.381. The van der Waals surface area contributed by atoms with Gasteiger partial charge in [-0.3, -0.25) is 0 Å². The molecular weight excluding hydrogens is 298 g/mol. The maximum atomic E-state index is 8.87.